The molecule has 64 valence electrons. The van der Waals surface area contributed by atoms with E-state index in [2.05, 4.69) is 23.8 Å². The second-order valence-electron chi connectivity index (χ2n) is 2.56. The predicted octanol–water partition coefficient (Wildman–Crippen LogP) is 1.92. The van der Waals surface area contributed by atoms with Gasteiger partial charge in [0.1, 0.15) is 0 Å². The highest BCUT2D eigenvalue weighted by atomic mass is 14.9. The number of nitrogens with zero attached hydrogens (tertiary/aromatic N) is 1. The molecule has 0 aliphatic carbocycles. The molecule has 2 heteroatoms. The maximum absolute atomic E-state index is 4.05. The largest absolute Gasteiger partial charge is 0.307 e. The molecule has 0 fully saturated rings. The minimum Gasteiger partial charge on any atom is -0.307 e. The van der Waals surface area contributed by atoms with Crippen LogP contribution in [0, 0.1) is 0 Å². The van der Waals surface area contributed by atoms with E-state index < -0.39 is 0 Å². The lowest BCUT2D eigenvalue weighted by atomic mass is 10.1. The number of nitrogens with one attached hydrogen (secondary N) is 1. The topological polar surface area (TPSA) is 24.9 Å². The van der Waals surface area contributed by atoms with Crippen LogP contribution in [0.15, 0.2) is 37.2 Å². The van der Waals surface area contributed by atoms with Crippen molar-refractivity contribution >= 4 is 0 Å². The van der Waals surface area contributed by atoms with Gasteiger partial charge in [0.15, 0.2) is 0 Å². The van der Waals surface area contributed by atoms with E-state index in [9.17, 15) is 0 Å². The fourth-order valence-corrected chi connectivity index (χ4v) is 1.12. The molecule has 1 aromatic rings. The molecule has 1 aromatic heterocycles. The molecule has 1 N–H and O–H groups in total. The molecule has 12 heavy (non-hydrogen) atoms. The van der Waals surface area contributed by atoms with Gasteiger partial charge in [-0.05, 0) is 18.2 Å². The van der Waals surface area contributed by atoms with E-state index in [0.29, 0.717) is 0 Å². The maximum atomic E-state index is 4.05. The molecule has 0 aromatic carbocycles. The Morgan fingerprint density at radius 3 is 3.08 bits per heavy atom. The first kappa shape index (κ1) is 8.94. The Labute approximate surface area is 73.3 Å². The Balaban J connectivity index is 2.73. The van der Waals surface area contributed by atoms with Crippen LogP contribution in [-0.2, 0) is 0 Å². The van der Waals surface area contributed by atoms with Crippen LogP contribution in [-0.4, -0.2) is 11.5 Å². The van der Waals surface area contributed by atoms with Gasteiger partial charge in [-0.25, -0.2) is 0 Å². The SMILES string of the molecule is C=CC(NCC)c1cccnc1. The van der Waals surface area contributed by atoms with Crippen molar-refractivity contribution in [2.75, 3.05) is 6.54 Å². The van der Waals surface area contributed by atoms with E-state index in [4.69, 9.17) is 0 Å². The van der Waals surface area contributed by atoms with Gasteiger partial charge in [-0.2, -0.15) is 0 Å². The summed E-state index contributed by atoms with van der Waals surface area (Å²) < 4.78 is 0. The van der Waals surface area contributed by atoms with Crippen molar-refractivity contribution in [1.82, 2.24) is 10.3 Å². The van der Waals surface area contributed by atoms with Crippen LogP contribution < -0.4 is 5.32 Å². The summed E-state index contributed by atoms with van der Waals surface area (Å²) in [5.41, 5.74) is 1.16. The standard InChI is InChI=1S/C10H14N2/c1-3-10(12-4-2)9-6-5-7-11-8-9/h3,5-8,10,12H,1,4H2,2H3. The first-order valence-corrected chi connectivity index (χ1v) is 4.14. The Morgan fingerprint density at radius 2 is 2.58 bits per heavy atom. The van der Waals surface area contributed by atoms with Gasteiger partial charge in [-0.15, -0.1) is 6.58 Å². The zero-order valence-corrected chi connectivity index (χ0v) is 7.33. The predicted molar refractivity (Wildman–Crippen MR) is 50.9 cm³/mol. The van der Waals surface area contributed by atoms with Crippen molar-refractivity contribution in [2.24, 2.45) is 0 Å². The van der Waals surface area contributed by atoms with Crippen LogP contribution in [0.2, 0.25) is 0 Å². The second kappa shape index (κ2) is 4.67. The van der Waals surface area contributed by atoms with Crippen LogP contribution in [0.3, 0.4) is 0 Å². The van der Waals surface area contributed by atoms with Crippen LogP contribution in [0.1, 0.15) is 18.5 Å². The summed E-state index contributed by atoms with van der Waals surface area (Å²) in [7, 11) is 0. The van der Waals surface area contributed by atoms with Crippen LogP contribution >= 0.6 is 0 Å². The summed E-state index contributed by atoms with van der Waals surface area (Å²) >= 11 is 0. The van der Waals surface area contributed by atoms with Crippen molar-refractivity contribution in [2.45, 2.75) is 13.0 Å². The molecule has 0 amide bonds. The highest BCUT2D eigenvalue weighted by molar-refractivity contribution is 5.17. The molecule has 0 bridgehead atoms. The molecule has 0 radical (unpaired) electrons. The normalized spacial score (nSPS) is 12.4. The van der Waals surface area contributed by atoms with Crippen LogP contribution in [0.5, 0.6) is 0 Å². The number of aromatic nitrogens is 1. The molecule has 0 aliphatic rings. The van der Waals surface area contributed by atoms with E-state index in [1.54, 1.807) is 6.20 Å². The fourth-order valence-electron chi connectivity index (χ4n) is 1.12. The molecule has 2 nitrogen and oxygen atoms in total. The van der Waals surface area contributed by atoms with Gasteiger partial charge < -0.3 is 5.32 Å². The number of rotatable bonds is 4. The monoisotopic (exact) mass is 162 g/mol. The fraction of sp³-hybridized carbons (Fsp3) is 0.300. The Bertz CT molecular complexity index is 231. The Morgan fingerprint density at radius 1 is 1.75 bits per heavy atom. The maximum Gasteiger partial charge on any atom is 0.0518 e. The molecular weight excluding hydrogens is 148 g/mol. The lowest BCUT2D eigenvalue weighted by Crippen LogP contribution is -2.18. The van der Waals surface area contributed by atoms with E-state index in [1.807, 2.05) is 24.4 Å². The van der Waals surface area contributed by atoms with Gasteiger partial charge in [-0.3, -0.25) is 4.98 Å². The lowest BCUT2D eigenvalue weighted by molar-refractivity contribution is 0.647. The second-order valence-corrected chi connectivity index (χ2v) is 2.56. The highest BCUT2D eigenvalue weighted by Crippen LogP contribution is 2.10. The van der Waals surface area contributed by atoms with Gasteiger partial charge in [0, 0.05) is 12.4 Å². The average Bonchev–Trinajstić information content (AvgIpc) is 2.15. The summed E-state index contributed by atoms with van der Waals surface area (Å²) in [6, 6.07) is 4.20. The highest BCUT2D eigenvalue weighted by Gasteiger charge is 2.03. The summed E-state index contributed by atoms with van der Waals surface area (Å²) in [6.07, 6.45) is 5.52. The smallest absolute Gasteiger partial charge is 0.0518 e. The minimum absolute atomic E-state index is 0.226. The number of hydrogen-bond acceptors (Lipinski definition) is 2. The summed E-state index contributed by atoms with van der Waals surface area (Å²) in [5.74, 6) is 0. The van der Waals surface area contributed by atoms with Gasteiger partial charge in [0.25, 0.3) is 0 Å². The third-order valence-corrected chi connectivity index (χ3v) is 1.70. The zero-order chi connectivity index (χ0) is 8.81. The first-order valence-electron chi connectivity index (χ1n) is 4.14. The van der Waals surface area contributed by atoms with Crippen molar-refractivity contribution in [3.63, 3.8) is 0 Å². The van der Waals surface area contributed by atoms with Gasteiger partial charge >= 0.3 is 0 Å². The summed E-state index contributed by atoms with van der Waals surface area (Å²) in [6.45, 7) is 6.78. The first-order chi connectivity index (χ1) is 5.88. The lowest BCUT2D eigenvalue weighted by Gasteiger charge is -2.12. The van der Waals surface area contributed by atoms with Gasteiger partial charge in [0.05, 0.1) is 6.04 Å². The third kappa shape index (κ3) is 2.17. The Kier molecular flexibility index (Phi) is 3.48. The molecule has 0 spiro atoms. The van der Waals surface area contributed by atoms with Crippen LogP contribution in [0.4, 0.5) is 0 Å². The number of hydrogen-bond donors (Lipinski definition) is 1. The molecule has 0 aliphatic heterocycles. The van der Waals surface area contributed by atoms with Crippen LogP contribution in [0.25, 0.3) is 0 Å². The van der Waals surface area contributed by atoms with E-state index in [1.165, 1.54) is 0 Å². The number of pyridine rings is 1. The molecule has 0 saturated heterocycles. The summed E-state index contributed by atoms with van der Waals surface area (Å²) in [5, 5.41) is 3.29. The minimum atomic E-state index is 0.226. The molecule has 1 heterocycles. The number of likely N-dealkylation sites (N-methyl/N-ethyl adjacent to an activating group) is 1. The molecule has 1 atom stereocenters. The van der Waals surface area contributed by atoms with E-state index in [0.717, 1.165) is 12.1 Å². The zero-order valence-electron chi connectivity index (χ0n) is 7.33. The van der Waals surface area contributed by atoms with Gasteiger partial charge in [-0.1, -0.05) is 19.1 Å². The quantitative estimate of drug-likeness (QED) is 0.684. The summed E-state index contributed by atoms with van der Waals surface area (Å²) in [4.78, 5) is 4.05. The van der Waals surface area contributed by atoms with E-state index >= 15 is 0 Å². The Hall–Kier alpha value is -1.15. The van der Waals surface area contributed by atoms with Crippen molar-refractivity contribution in [3.8, 4) is 0 Å². The van der Waals surface area contributed by atoms with Crippen molar-refractivity contribution in [3.05, 3.63) is 42.7 Å². The molecule has 0 saturated carbocycles. The van der Waals surface area contributed by atoms with E-state index in [-0.39, 0.29) is 6.04 Å². The molecule has 1 rings (SSSR count). The average molecular weight is 162 g/mol. The molecule has 1 unspecified atom stereocenters. The van der Waals surface area contributed by atoms with Crippen molar-refractivity contribution < 1.29 is 0 Å². The third-order valence-electron chi connectivity index (χ3n) is 1.70. The van der Waals surface area contributed by atoms with Gasteiger partial charge in [0.2, 0.25) is 0 Å². The molecular formula is C10H14N2. The van der Waals surface area contributed by atoms with Crippen molar-refractivity contribution in [1.29, 1.82) is 0 Å².